The number of nitrogens with zero attached hydrogens (tertiary/aromatic N) is 2. The summed E-state index contributed by atoms with van der Waals surface area (Å²) in [6, 6.07) is 2.80. The van der Waals surface area contributed by atoms with Gasteiger partial charge in [0.25, 0.3) is 0 Å². The highest BCUT2D eigenvalue weighted by Gasteiger charge is 2.14. The molecule has 0 spiro atoms. The summed E-state index contributed by atoms with van der Waals surface area (Å²) in [5.74, 6) is 0. The Labute approximate surface area is 111 Å². The molecule has 92 valence electrons. The first kappa shape index (κ1) is 12.7. The van der Waals surface area contributed by atoms with Crippen LogP contribution in [0.2, 0.25) is 0 Å². The van der Waals surface area contributed by atoms with Gasteiger partial charge in [0, 0.05) is 24.5 Å². The number of hydrogen-bond acceptors (Lipinski definition) is 4. The number of thiazole rings is 1. The highest BCUT2D eigenvalue weighted by Crippen LogP contribution is 2.16. The van der Waals surface area contributed by atoms with Gasteiger partial charge in [-0.1, -0.05) is 6.92 Å². The van der Waals surface area contributed by atoms with Gasteiger partial charge in [-0.2, -0.15) is 11.3 Å². The van der Waals surface area contributed by atoms with E-state index in [1.807, 2.05) is 5.51 Å². The zero-order valence-electron chi connectivity index (χ0n) is 10.3. The first-order chi connectivity index (χ1) is 8.29. The number of thiophene rings is 1. The van der Waals surface area contributed by atoms with Gasteiger partial charge in [0.15, 0.2) is 0 Å². The maximum Gasteiger partial charge on any atom is 0.0795 e. The summed E-state index contributed by atoms with van der Waals surface area (Å²) in [7, 11) is 0. The van der Waals surface area contributed by atoms with Crippen molar-refractivity contribution in [1.82, 2.24) is 9.88 Å². The van der Waals surface area contributed by atoms with Crippen LogP contribution in [0.5, 0.6) is 0 Å². The molecule has 2 rings (SSSR count). The molecule has 1 atom stereocenters. The topological polar surface area (TPSA) is 16.1 Å². The van der Waals surface area contributed by atoms with E-state index in [2.05, 4.69) is 45.9 Å². The van der Waals surface area contributed by atoms with E-state index in [-0.39, 0.29) is 0 Å². The molecule has 0 aliphatic carbocycles. The lowest BCUT2D eigenvalue weighted by Crippen LogP contribution is -2.31. The number of aromatic nitrogens is 1. The van der Waals surface area contributed by atoms with Crippen LogP contribution in [0.4, 0.5) is 0 Å². The minimum atomic E-state index is 0.594. The number of hydrogen-bond donors (Lipinski definition) is 0. The molecular formula is C13H18N2S2. The molecule has 0 amide bonds. The third kappa shape index (κ3) is 3.63. The lowest BCUT2D eigenvalue weighted by molar-refractivity contribution is 0.184. The standard InChI is InChI=1S/C13H18N2S2/c1-3-11(2)15(6-12-4-5-16-8-12)7-13-9-17-10-14-13/h4-5,8-11H,3,6-7H2,1-2H3. The number of rotatable bonds is 6. The molecule has 2 nitrogen and oxygen atoms in total. The molecule has 0 radical (unpaired) electrons. The molecule has 0 aliphatic rings. The Morgan fingerprint density at radius 2 is 2.18 bits per heavy atom. The monoisotopic (exact) mass is 266 g/mol. The van der Waals surface area contributed by atoms with Crippen molar-refractivity contribution in [2.45, 2.75) is 39.4 Å². The van der Waals surface area contributed by atoms with Gasteiger partial charge in [-0.3, -0.25) is 4.90 Å². The molecule has 0 bridgehead atoms. The maximum absolute atomic E-state index is 4.38. The van der Waals surface area contributed by atoms with E-state index in [1.165, 1.54) is 17.7 Å². The average Bonchev–Trinajstić information content (AvgIpc) is 3.00. The van der Waals surface area contributed by atoms with Gasteiger partial charge in [0.1, 0.15) is 0 Å². The molecule has 0 aliphatic heterocycles. The minimum absolute atomic E-state index is 0.594. The Kier molecular flexibility index (Phi) is 4.71. The second-order valence-electron chi connectivity index (χ2n) is 4.27. The molecule has 4 heteroatoms. The third-order valence-electron chi connectivity index (χ3n) is 3.03. The van der Waals surface area contributed by atoms with Gasteiger partial charge in [-0.05, 0) is 35.7 Å². The van der Waals surface area contributed by atoms with Crippen molar-refractivity contribution >= 4 is 22.7 Å². The predicted molar refractivity (Wildman–Crippen MR) is 75.4 cm³/mol. The Balaban J connectivity index is 2.03. The van der Waals surface area contributed by atoms with Crippen molar-refractivity contribution in [1.29, 1.82) is 0 Å². The summed E-state index contributed by atoms with van der Waals surface area (Å²) in [5.41, 5.74) is 4.50. The maximum atomic E-state index is 4.38. The van der Waals surface area contributed by atoms with E-state index in [0.717, 1.165) is 13.1 Å². The smallest absolute Gasteiger partial charge is 0.0795 e. The van der Waals surface area contributed by atoms with Crippen LogP contribution >= 0.6 is 22.7 Å². The summed E-state index contributed by atoms with van der Waals surface area (Å²) < 4.78 is 0. The summed E-state index contributed by atoms with van der Waals surface area (Å²) in [6.07, 6.45) is 1.17. The van der Waals surface area contributed by atoms with E-state index >= 15 is 0 Å². The zero-order valence-corrected chi connectivity index (χ0v) is 11.9. The first-order valence-electron chi connectivity index (χ1n) is 5.91. The largest absolute Gasteiger partial charge is 0.291 e. The molecule has 0 fully saturated rings. The summed E-state index contributed by atoms with van der Waals surface area (Å²) in [5, 5.41) is 6.52. The van der Waals surface area contributed by atoms with Crippen molar-refractivity contribution in [3.05, 3.63) is 39.0 Å². The van der Waals surface area contributed by atoms with Crippen LogP contribution in [-0.4, -0.2) is 15.9 Å². The van der Waals surface area contributed by atoms with Crippen LogP contribution in [0, 0.1) is 0 Å². The van der Waals surface area contributed by atoms with Crippen LogP contribution in [0.1, 0.15) is 31.5 Å². The van der Waals surface area contributed by atoms with Crippen LogP contribution in [-0.2, 0) is 13.1 Å². The minimum Gasteiger partial charge on any atom is -0.291 e. The second kappa shape index (κ2) is 6.28. The predicted octanol–water partition coefficient (Wildman–Crippen LogP) is 4.01. The van der Waals surface area contributed by atoms with Crippen LogP contribution < -0.4 is 0 Å². The van der Waals surface area contributed by atoms with Crippen molar-refractivity contribution in [2.24, 2.45) is 0 Å². The van der Waals surface area contributed by atoms with Gasteiger partial charge in [-0.25, -0.2) is 4.98 Å². The molecule has 2 aromatic rings. The van der Waals surface area contributed by atoms with E-state index in [9.17, 15) is 0 Å². The quantitative estimate of drug-likeness (QED) is 0.785. The normalized spacial score (nSPS) is 13.1. The molecule has 2 aromatic heterocycles. The summed E-state index contributed by atoms with van der Waals surface area (Å²) in [6.45, 7) is 6.51. The molecule has 1 unspecified atom stereocenters. The Hall–Kier alpha value is -0.710. The lowest BCUT2D eigenvalue weighted by Gasteiger charge is -2.27. The fourth-order valence-electron chi connectivity index (χ4n) is 1.77. The fourth-order valence-corrected chi connectivity index (χ4v) is 2.98. The van der Waals surface area contributed by atoms with Gasteiger partial charge in [0.2, 0.25) is 0 Å². The lowest BCUT2D eigenvalue weighted by atomic mass is 10.2. The van der Waals surface area contributed by atoms with Gasteiger partial charge >= 0.3 is 0 Å². The Bertz CT molecular complexity index is 372. The molecule has 2 heterocycles. The molecule has 0 saturated carbocycles. The summed E-state index contributed by atoms with van der Waals surface area (Å²) in [4.78, 5) is 6.88. The van der Waals surface area contributed by atoms with E-state index in [1.54, 1.807) is 22.7 Å². The fraction of sp³-hybridized carbons (Fsp3) is 0.462. The third-order valence-corrected chi connectivity index (χ3v) is 4.40. The first-order valence-corrected chi connectivity index (χ1v) is 7.80. The van der Waals surface area contributed by atoms with E-state index < -0.39 is 0 Å². The van der Waals surface area contributed by atoms with E-state index in [4.69, 9.17) is 0 Å². The Morgan fingerprint density at radius 1 is 1.29 bits per heavy atom. The van der Waals surface area contributed by atoms with Crippen molar-refractivity contribution < 1.29 is 0 Å². The molecule has 0 N–H and O–H groups in total. The van der Waals surface area contributed by atoms with Crippen LogP contribution in [0.25, 0.3) is 0 Å². The molecule has 0 aromatic carbocycles. The van der Waals surface area contributed by atoms with Gasteiger partial charge in [0.05, 0.1) is 11.2 Å². The zero-order chi connectivity index (χ0) is 12.1. The van der Waals surface area contributed by atoms with Crippen molar-refractivity contribution in [2.75, 3.05) is 0 Å². The van der Waals surface area contributed by atoms with Crippen LogP contribution in [0.15, 0.2) is 27.7 Å². The van der Waals surface area contributed by atoms with Gasteiger partial charge in [-0.15, -0.1) is 11.3 Å². The molecular weight excluding hydrogens is 248 g/mol. The summed E-state index contributed by atoms with van der Waals surface area (Å²) >= 11 is 3.44. The van der Waals surface area contributed by atoms with Crippen molar-refractivity contribution in [3.8, 4) is 0 Å². The molecule has 17 heavy (non-hydrogen) atoms. The second-order valence-corrected chi connectivity index (χ2v) is 5.77. The average molecular weight is 266 g/mol. The van der Waals surface area contributed by atoms with Crippen molar-refractivity contribution in [3.63, 3.8) is 0 Å². The Morgan fingerprint density at radius 3 is 2.76 bits per heavy atom. The highest BCUT2D eigenvalue weighted by atomic mass is 32.1. The van der Waals surface area contributed by atoms with E-state index in [0.29, 0.717) is 6.04 Å². The highest BCUT2D eigenvalue weighted by molar-refractivity contribution is 7.08. The molecule has 0 saturated heterocycles. The SMILES string of the molecule is CCC(C)N(Cc1ccsc1)Cc1cscn1. The van der Waals surface area contributed by atoms with Crippen LogP contribution in [0.3, 0.4) is 0 Å². The van der Waals surface area contributed by atoms with Gasteiger partial charge < -0.3 is 0 Å².